The fourth-order valence-electron chi connectivity index (χ4n) is 5.00. The van der Waals surface area contributed by atoms with Gasteiger partial charge in [0.25, 0.3) is 17.7 Å². The highest BCUT2D eigenvalue weighted by Crippen LogP contribution is 2.27. The van der Waals surface area contributed by atoms with E-state index < -0.39 is 23.9 Å². The predicted octanol–water partition coefficient (Wildman–Crippen LogP) is 3.10. The number of amides is 4. The number of aromatic nitrogens is 3. The second-order valence-electron chi connectivity index (χ2n) is 11.4. The number of benzene rings is 1. The van der Waals surface area contributed by atoms with Crippen LogP contribution in [0.5, 0.6) is 0 Å². The number of hydrogen-bond donors (Lipinski definition) is 3. The maximum atomic E-state index is 13.6. The number of fused-ring (bicyclic) bond motifs is 4. The number of thiazole rings is 2. The fourth-order valence-corrected chi connectivity index (χ4v) is 6.87. The second-order valence-corrected chi connectivity index (χ2v) is 13.1. The van der Waals surface area contributed by atoms with Crippen molar-refractivity contribution < 1.29 is 19.2 Å². The molecule has 4 heterocycles. The molecule has 0 spiro atoms. The summed E-state index contributed by atoms with van der Waals surface area (Å²) in [5.74, 6) is -1.63. The fraction of sp³-hybridized carbons (Fsp3) is 0.344. The molecule has 0 saturated carbocycles. The summed E-state index contributed by atoms with van der Waals surface area (Å²) in [5.41, 5.74) is 1.38. The summed E-state index contributed by atoms with van der Waals surface area (Å²) in [4.78, 5) is 75.9. The van der Waals surface area contributed by atoms with Crippen molar-refractivity contribution in [3.63, 3.8) is 0 Å². The average Bonchev–Trinajstić information content (AvgIpc) is 3.73. The van der Waals surface area contributed by atoms with Gasteiger partial charge >= 0.3 is 0 Å². The van der Waals surface area contributed by atoms with E-state index in [0.717, 1.165) is 5.56 Å². The lowest BCUT2D eigenvalue weighted by Crippen LogP contribution is -2.43. The zero-order valence-electron chi connectivity index (χ0n) is 25.7. The Morgan fingerprint density at radius 3 is 2.35 bits per heavy atom. The van der Waals surface area contributed by atoms with E-state index in [1.165, 1.54) is 50.5 Å². The van der Waals surface area contributed by atoms with E-state index in [2.05, 4.69) is 25.9 Å². The monoisotopic (exact) mass is 661 g/mol. The molecule has 2 atom stereocenters. The number of nitrogens with one attached hydrogen (secondary N) is 3. The molecule has 3 aromatic heterocycles. The topological polar surface area (TPSA) is 155 Å². The van der Waals surface area contributed by atoms with E-state index in [-0.39, 0.29) is 59.9 Å². The van der Waals surface area contributed by atoms with E-state index in [0.29, 0.717) is 22.9 Å². The van der Waals surface area contributed by atoms with Crippen molar-refractivity contribution in [2.24, 2.45) is 13.0 Å². The molecule has 0 unspecified atom stereocenters. The standard InChI is InChI=1S/C32H35N7O5S2/c1-19(2)27-31-36-23(17-46-31)28(42)33-12-7-13-39(32(44)21-10-11-26(41)38(3)15-21)16-25(40)34-22(14-20-8-5-4-6-9-20)30-35-24(18-45-30)29(43)37-27/h4-6,8-11,15,17-19,22,27H,7,12-14,16H2,1-3H3,(H,33,42)(H,34,40)(H,37,43)/t22-,27-/m0/s1. The predicted molar refractivity (Wildman–Crippen MR) is 175 cm³/mol. The SMILES string of the molecule is CC(C)[C@@H]1NC(=O)c2csc(n2)[C@H](Cc2ccccc2)NC(=O)CN(C(=O)c2ccc(=O)n(C)c2)CCCNC(=O)c2csc1n2. The van der Waals surface area contributed by atoms with Gasteiger partial charge in [0.15, 0.2) is 0 Å². The van der Waals surface area contributed by atoms with Gasteiger partial charge in [-0.15, -0.1) is 22.7 Å². The van der Waals surface area contributed by atoms with Crippen LogP contribution in [0, 0.1) is 5.92 Å². The minimum absolute atomic E-state index is 0.0149. The van der Waals surface area contributed by atoms with Crippen molar-refractivity contribution in [2.45, 2.75) is 38.8 Å². The first-order valence-corrected chi connectivity index (χ1v) is 16.6. The molecule has 0 aliphatic carbocycles. The zero-order chi connectivity index (χ0) is 32.8. The molecule has 1 aliphatic rings. The lowest BCUT2D eigenvalue weighted by atomic mass is 10.0. The number of aryl methyl sites for hydroxylation is 1. The van der Waals surface area contributed by atoms with E-state index in [9.17, 15) is 24.0 Å². The van der Waals surface area contributed by atoms with Crippen molar-refractivity contribution in [3.05, 3.63) is 102 Å². The van der Waals surface area contributed by atoms with Gasteiger partial charge in [0.05, 0.1) is 24.2 Å². The van der Waals surface area contributed by atoms with Crippen molar-refractivity contribution in [3.8, 4) is 0 Å². The van der Waals surface area contributed by atoms with Gasteiger partial charge in [0, 0.05) is 43.2 Å². The van der Waals surface area contributed by atoms with Crippen molar-refractivity contribution in [1.29, 1.82) is 0 Å². The van der Waals surface area contributed by atoms with E-state index in [4.69, 9.17) is 0 Å². The molecule has 3 N–H and O–H groups in total. The molecule has 14 heteroatoms. The molecule has 4 aromatic rings. The van der Waals surface area contributed by atoms with E-state index >= 15 is 0 Å². The smallest absolute Gasteiger partial charge is 0.271 e. The van der Waals surface area contributed by atoms with Crippen LogP contribution >= 0.6 is 22.7 Å². The lowest BCUT2D eigenvalue weighted by Gasteiger charge is -2.24. The lowest BCUT2D eigenvalue weighted by molar-refractivity contribution is -0.122. The molecule has 1 aromatic carbocycles. The maximum absolute atomic E-state index is 13.6. The number of carbonyl (C=O) groups is 4. The van der Waals surface area contributed by atoms with Gasteiger partial charge in [-0.3, -0.25) is 24.0 Å². The number of rotatable bonds is 4. The molecule has 0 radical (unpaired) electrons. The van der Waals surface area contributed by atoms with Crippen LogP contribution < -0.4 is 21.5 Å². The molecule has 1 aliphatic heterocycles. The molecular weight excluding hydrogens is 627 g/mol. The Balaban J connectivity index is 1.48. The molecular formula is C32H35N7O5S2. The van der Waals surface area contributed by atoms with Crippen LogP contribution in [0.15, 0.2) is 64.2 Å². The largest absolute Gasteiger partial charge is 0.351 e. The van der Waals surface area contributed by atoms with Gasteiger partial charge in [-0.05, 0) is 30.4 Å². The van der Waals surface area contributed by atoms with Crippen LogP contribution in [0.25, 0.3) is 0 Å². The number of carbonyl (C=O) groups excluding carboxylic acids is 4. The summed E-state index contributed by atoms with van der Waals surface area (Å²) in [6.07, 6.45) is 2.21. The number of nitrogens with zero attached hydrogens (tertiary/aromatic N) is 4. The zero-order valence-corrected chi connectivity index (χ0v) is 27.3. The van der Waals surface area contributed by atoms with Crippen molar-refractivity contribution >= 4 is 46.3 Å². The first-order valence-electron chi connectivity index (χ1n) is 14.9. The molecule has 0 fully saturated rings. The van der Waals surface area contributed by atoms with Gasteiger partial charge in [-0.1, -0.05) is 44.2 Å². The first kappa shape index (κ1) is 32.7. The highest BCUT2D eigenvalue weighted by molar-refractivity contribution is 7.10. The minimum Gasteiger partial charge on any atom is -0.351 e. The second kappa shape index (κ2) is 14.6. The summed E-state index contributed by atoms with van der Waals surface area (Å²) >= 11 is 2.56. The maximum Gasteiger partial charge on any atom is 0.271 e. The quantitative estimate of drug-likeness (QED) is 0.304. The Labute approximate surface area is 273 Å². The highest BCUT2D eigenvalue weighted by Gasteiger charge is 2.27. The first-order chi connectivity index (χ1) is 22.1. The third kappa shape index (κ3) is 7.93. The number of hydrogen-bond acceptors (Lipinski definition) is 9. The summed E-state index contributed by atoms with van der Waals surface area (Å²) < 4.78 is 1.30. The molecule has 12 nitrogen and oxygen atoms in total. The molecule has 46 heavy (non-hydrogen) atoms. The van der Waals surface area contributed by atoms with Gasteiger partial charge in [0.2, 0.25) is 11.5 Å². The summed E-state index contributed by atoms with van der Waals surface area (Å²) in [7, 11) is 1.55. The van der Waals surface area contributed by atoms with Crippen molar-refractivity contribution in [1.82, 2.24) is 35.4 Å². The van der Waals surface area contributed by atoms with Crippen LogP contribution in [-0.2, 0) is 18.3 Å². The van der Waals surface area contributed by atoms with Gasteiger partial charge in [-0.2, -0.15) is 0 Å². The normalized spacial score (nSPS) is 18.2. The van der Waals surface area contributed by atoms with Crippen LogP contribution in [0.2, 0.25) is 0 Å². The third-order valence-corrected chi connectivity index (χ3v) is 9.38. The van der Waals surface area contributed by atoms with Crippen molar-refractivity contribution in [2.75, 3.05) is 19.6 Å². The van der Waals surface area contributed by atoms with E-state index in [1.54, 1.807) is 17.8 Å². The highest BCUT2D eigenvalue weighted by atomic mass is 32.1. The van der Waals surface area contributed by atoms with Gasteiger partial charge < -0.3 is 25.4 Å². The summed E-state index contributed by atoms with van der Waals surface area (Å²) in [5, 5.41) is 13.3. The summed E-state index contributed by atoms with van der Waals surface area (Å²) in [6.45, 7) is 4.04. The molecule has 4 bridgehead atoms. The Hall–Kier alpha value is -4.69. The Morgan fingerprint density at radius 1 is 0.935 bits per heavy atom. The van der Waals surface area contributed by atoms with Gasteiger partial charge in [-0.25, -0.2) is 9.97 Å². The Kier molecular flexibility index (Phi) is 10.4. The van der Waals surface area contributed by atoms with E-state index in [1.807, 2.05) is 44.2 Å². The number of pyridine rings is 1. The van der Waals surface area contributed by atoms with Crippen LogP contribution in [0.1, 0.15) is 79.3 Å². The molecule has 5 rings (SSSR count). The van der Waals surface area contributed by atoms with Gasteiger partial charge in [0.1, 0.15) is 21.4 Å². The molecule has 0 saturated heterocycles. The minimum atomic E-state index is -0.570. The Bertz CT molecular complexity index is 1780. The Morgan fingerprint density at radius 2 is 1.63 bits per heavy atom. The summed E-state index contributed by atoms with van der Waals surface area (Å²) in [6, 6.07) is 11.3. The van der Waals surface area contributed by atoms with Crippen LogP contribution in [0.4, 0.5) is 0 Å². The van der Waals surface area contributed by atoms with Crippen LogP contribution in [0.3, 0.4) is 0 Å². The average molecular weight is 662 g/mol. The third-order valence-electron chi connectivity index (χ3n) is 7.49. The molecule has 240 valence electrons. The molecule has 4 amide bonds. The van der Waals surface area contributed by atoms with Crippen LogP contribution in [-0.4, -0.2) is 62.7 Å².